The second kappa shape index (κ2) is 6.92. The van der Waals surface area contributed by atoms with Gasteiger partial charge in [0.25, 0.3) is 5.91 Å². The summed E-state index contributed by atoms with van der Waals surface area (Å²) in [6, 6.07) is 7.62. The molecule has 0 saturated heterocycles. The number of nitrogens with zero attached hydrogens (tertiary/aromatic N) is 1. The quantitative estimate of drug-likeness (QED) is 0.743. The van der Waals surface area contributed by atoms with Gasteiger partial charge in [-0.15, -0.1) is 0 Å². The Kier molecular flexibility index (Phi) is 4.73. The van der Waals surface area contributed by atoms with Gasteiger partial charge in [0.1, 0.15) is 0 Å². The summed E-state index contributed by atoms with van der Waals surface area (Å²) in [5.41, 5.74) is 1.33. The standard InChI is InChI=1S/C17H23N3O2/c21-15-10-4-1-6-12(15)7-5-11-18-17(22)16-13-8-2-3-9-14(13)19-20-16/h2-3,8-9,12,15,21H,1,4-7,10-11H2,(H,18,22)(H,19,20). The smallest absolute Gasteiger partial charge is 0.272 e. The Morgan fingerprint density at radius 1 is 1.32 bits per heavy atom. The number of benzene rings is 1. The van der Waals surface area contributed by atoms with E-state index in [0.717, 1.165) is 43.0 Å². The average Bonchev–Trinajstić information content (AvgIpc) is 2.97. The molecule has 1 aromatic carbocycles. The molecule has 3 N–H and O–H groups in total. The molecule has 1 aliphatic rings. The van der Waals surface area contributed by atoms with Crippen LogP contribution in [-0.2, 0) is 0 Å². The first-order valence-electron chi connectivity index (χ1n) is 8.15. The molecule has 1 aliphatic carbocycles. The predicted molar refractivity (Wildman–Crippen MR) is 85.6 cm³/mol. The van der Waals surface area contributed by atoms with Crippen molar-refractivity contribution in [2.45, 2.75) is 44.6 Å². The van der Waals surface area contributed by atoms with Crippen LogP contribution >= 0.6 is 0 Å². The third-order valence-corrected chi connectivity index (χ3v) is 4.59. The molecule has 118 valence electrons. The highest BCUT2D eigenvalue weighted by molar-refractivity contribution is 6.04. The summed E-state index contributed by atoms with van der Waals surface area (Å²) in [5, 5.41) is 20.7. The van der Waals surface area contributed by atoms with Gasteiger partial charge in [-0.2, -0.15) is 5.10 Å². The van der Waals surface area contributed by atoms with Gasteiger partial charge in [0, 0.05) is 11.9 Å². The normalized spacial score (nSPS) is 21.9. The van der Waals surface area contributed by atoms with Crippen LogP contribution in [0.15, 0.2) is 24.3 Å². The van der Waals surface area contributed by atoms with E-state index in [1.54, 1.807) is 0 Å². The van der Waals surface area contributed by atoms with Gasteiger partial charge >= 0.3 is 0 Å². The number of hydrogen-bond acceptors (Lipinski definition) is 3. The van der Waals surface area contributed by atoms with Crippen LogP contribution in [-0.4, -0.2) is 33.9 Å². The SMILES string of the molecule is O=C(NCCCC1CCCCC1O)c1n[nH]c2ccccc12. The van der Waals surface area contributed by atoms with Gasteiger partial charge in [-0.3, -0.25) is 9.89 Å². The van der Waals surface area contributed by atoms with E-state index in [1.807, 2.05) is 24.3 Å². The maximum absolute atomic E-state index is 12.2. The number of nitrogens with one attached hydrogen (secondary N) is 2. The molecule has 1 amide bonds. The Hall–Kier alpha value is -1.88. The van der Waals surface area contributed by atoms with Gasteiger partial charge in [0.15, 0.2) is 5.69 Å². The van der Waals surface area contributed by atoms with Crippen LogP contribution in [0.5, 0.6) is 0 Å². The van der Waals surface area contributed by atoms with Crippen molar-refractivity contribution in [3.8, 4) is 0 Å². The fourth-order valence-corrected chi connectivity index (χ4v) is 3.31. The number of carbonyl (C=O) groups excluding carboxylic acids is 1. The lowest BCUT2D eigenvalue weighted by molar-refractivity contribution is 0.0641. The van der Waals surface area contributed by atoms with Crippen LogP contribution in [0.25, 0.3) is 10.9 Å². The number of para-hydroxylation sites is 1. The van der Waals surface area contributed by atoms with Crippen LogP contribution < -0.4 is 5.32 Å². The molecule has 1 saturated carbocycles. The molecule has 3 rings (SSSR count). The van der Waals surface area contributed by atoms with Gasteiger partial charge in [-0.05, 0) is 37.7 Å². The van der Waals surface area contributed by atoms with E-state index >= 15 is 0 Å². The Labute approximate surface area is 130 Å². The first kappa shape index (κ1) is 15.0. The van der Waals surface area contributed by atoms with Crippen molar-refractivity contribution < 1.29 is 9.90 Å². The lowest BCUT2D eigenvalue weighted by atomic mass is 9.83. The van der Waals surface area contributed by atoms with E-state index in [9.17, 15) is 9.90 Å². The first-order valence-corrected chi connectivity index (χ1v) is 8.15. The average molecular weight is 301 g/mol. The molecular formula is C17H23N3O2. The van der Waals surface area contributed by atoms with Crippen LogP contribution in [0.4, 0.5) is 0 Å². The number of amides is 1. The van der Waals surface area contributed by atoms with Gasteiger partial charge in [0.2, 0.25) is 0 Å². The molecule has 1 heterocycles. The van der Waals surface area contributed by atoms with Gasteiger partial charge in [0.05, 0.1) is 11.6 Å². The van der Waals surface area contributed by atoms with Crippen molar-refractivity contribution in [2.24, 2.45) is 5.92 Å². The molecule has 2 unspecified atom stereocenters. The summed E-state index contributed by atoms with van der Waals surface area (Å²) < 4.78 is 0. The minimum atomic E-state index is -0.153. The highest BCUT2D eigenvalue weighted by atomic mass is 16.3. The minimum Gasteiger partial charge on any atom is -0.393 e. The maximum Gasteiger partial charge on any atom is 0.272 e. The Morgan fingerprint density at radius 2 is 2.14 bits per heavy atom. The molecule has 5 nitrogen and oxygen atoms in total. The van der Waals surface area contributed by atoms with Crippen molar-refractivity contribution in [2.75, 3.05) is 6.54 Å². The van der Waals surface area contributed by atoms with Crippen molar-refractivity contribution in [1.29, 1.82) is 0 Å². The molecule has 0 bridgehead atoms. The molecule has 22 heavy (non-hydrogen) atoms. The number of aromatic amines is 1. The minimum absolute atomic E-state index is 0.137. The number of hydrogen-bond donors (Lipinski definition) is 3. The zero-order valence-corrected chi connectivity index (χ0v) is 12.7. The molecule has 2 aromatic rings. The van der Waals surface area contributed by atoms with Crippen molar-refractivity contribution in [3.63, 3.8) is 0 Å². The number of aromatic nitrogens is 2. The Bertz CT molecular complexity index is 638. The number of carbonyl (C=O) groups is 1. The molecule has 0 aliphatic heterocycles. The van der Waals surface area contributed by atoms with E-state index in [0.29, 0.717) is 18.2 Å². The summed E-state index contributed by atoms with van der Waals surface area (Å²) in [5.74, 6) is 0.263. The molecule has 5 heteroatoms. The van der Waals surface area contributed by atoms with Gasteiger partial charge in [-0.1, -0.05) is 31.0 Å². The molecule has 0 spiro atoms. The van der Waals surface area contributed by atoms with Crippen molar-refractivity contribution >= 4 is 16.8 Å². The largest absolute Gasteiger partial charge is 0.393 e. The second-order valence-electron chi connectivity index (χ2n) is 6.13. The predicted octanol–water partition coefficient (Wildman–Crippen LogP) is 2.62. The summed E-state index contributed by atoms with van der Waals surface area (Å²) in [7, 11) is 0. The molecule has 2 atom stereocenters. The first-order chi connectivity index (χ1) is 10.8. The summed E-state index contributed by atoms with van der Waals surface area (Å²) in [6.45, 7) is 0.628. The molecule has 1 aromatic heterocycles. The van der Waals surface area contributed by atoms with Crippen LogP contribution in [0, 0.1) is 5.92 Å². The van der Waals surface area contributed by atoms with E-state index in [4.69, 9.17) is 0 Å². The number of aliphatic hydroxyl groups excluding tert-OH is 1. The van der Waals surface area contributed by atoms with Crippen molar-refractivity contribution in [1.82, 2.24) is 15.5 Å². The third-order valence-electron chi connectivity index (χ3n) is 4.59. The highest BCUT2D eigenvalue weighted by Gasteiger charge is 2.22. The Morgan fingerprint density at radius 3 is 3.00 bits per heavy atom. The lowest BCUT2D eigenvalue weighted by Gasteiger charge is -2.27. The lowest BCUT2D eigenvalue weighted by Crippen LogP contribution is -2.28. The zero-order chi connectivity index (χ0) is 15.4. The molecule has 0 radical (unpaired) electrons. The summed E-state index contributed by atoms with van der Waals surface area (Å²) in [6.07, 6.45) is 6.11. The number of H-pyrrole nitrogens is 1. The van der Waals surface area contributed by atoms with Crippen LogP contribution in [0.2, 0.25) is 0 Å². The molecule has 1 fully saturated rings. The van der Waals surface area contributed by atoms with Crippen LogP contribution in [0.1, 0.15) is 49.0 Å². The third kappa shape index (κ3) is 3.30. The van der Waals surface area contributed by atoms with E-state index in [2.05, 4.69) is 15.5 Å². The number of rotatable bonds is 5. The number of aliphatic hydroxyl groups is 1. The second-order valence-corrected chi connectivity index (χ2v) is 6.13. The topological polar surface area (TPSA) is 78.0 Å². The van der Waals surface area contributed by atoms with E-state index in [-0.39, 0.29) is 12.0 Å². The maximum atomic E-state index is 12.2. The summed E-state index contributed by atoms with van der Waals surface area (Å²) >= 11 is 0. The fraction of sp³-hybridized carbons (Fsp3) is 0.529. The van der Waals surface area contributed by atoms with E-state index in [1.165, 1.54) is 6.42 Å². The monoisotopic (exact) mass is 301 g/mol. The fourth-order valence-electron chi connectivity index (χ4n) is 3.31. The zero-order valence-electron chi connectivity index (χ0n) is 12.7. The van der Waals surface area contributed by atoms with Gasteiger partial charge in [-0.25, -0.2) is 0 Å². The van der Waals surface area contributed by atoms with Gasteiger partial charge < -0.3 is 10.4 Å². The summed E-state index contributed by atoms with van der Waals surface area (Å²) in [4.78, 5) is 12.2. The van der Waals surface area contributed by atoms with E-state index < -0.39 is 0 Å². The molecular weight excluding hydrogens is 278 g/mol. The van der Waals surface area contributed by atoms with Crippen LogP contribution in [0.3, 0.4) is 0 Å². The Balaban J connectivity index is 1.48. The number of fused-ring (bicyclic) bond motifs is 1. The highest BCUT2D eigenvalue weighted by Crippen LogP contribution is 2.27. The van der Waals surface area contributed by atoms with Crippen molar-refractivity contribution in [3.05, 3.63) is 30.0 Å².